The van der Waals surface area contributed by atoms with Gasteiger partial charge >= 0.3 is 0 Å². The van der Waals surface area contributed by atoms with Crippen LogP contribution in [0.15, 0.2) is 101 Å². The predicted molar refractivity (Wildman–Crippen MR) is 146 cm³/mol. The number of likely N-dealkylation sites (N-methyl/N-ethyl adjacent to an activating group) is 1. The van der Waals surface area contributed by atoms with E-state index in [1.54, 1.807) is 6.20 Å². The van der Waals surface area contributed by atoms with E-state index in [4.69, 9.17) is 10.7 Å². The lowest BCUT2D eigenvalue weighted by Gasteiger charge is -2.17. The molecule has 0 aromatic heterocycles. The fourth-order valence-corrected chi connectivity index (χ4v) is 4.15. The SMILES string of the molecule is C=CC(=O)Nc1cccc(C2=CC=CC(=C/N=C/N)/C2=N\c2ccc(NC3CCN(C)C3)cc2)c1. The van der Waals surface area contributed by atoms with Gasteiger partial charge < -0.3 is 21.3 Å². The molecule has 1 amide bonds. The van der Waals surface area contributed by atoms with E-state index in [-0.39, 0.29) is 5.91 Å². The summed E-state index contributed by atoms with van der Waals surface area (Å²) in [6.45, 7) is 5.68. The van der Waals surface area contributed by atoms with Crippen LogP contribution in [0.5, 0.6) is 0 Å². The molecule has 1 saturated heterocycles. The molecule has 2 aromatic rings. The van der Waals surface area contributed by atoms with E-state index in [0.717, 1.165) is 53.3 Å². The lowest BCUT2D eigenvalue weighted by Crippen LogP contribution is -2.23. The van der Waals surface area contributed by atoms with Gasteiger partial charge in [0.15, 0.2) is 0 Å². The van der Waals surface area contributed by atoms with Crippen LogP contribution in [0.4, 0.5) is 17.1 Å². The Morgan fingerprint density at radius 3 is 2.74 bits per heavy atom. The lowest BCUT2D eigenvalue weighted by atomic mass is 9.91. The van der Waals surface area contributed by atoms with Gasteiger partial charge in [-0.1, -0.05) is 36.9 Å². The van der Waals surface area contributed by atoms with Gasteiger partial charge in [-0.05, 0) is 68.1 Å². The molecule has 0 bridgehead atoms. The van der Waals surface area contributed by atoms with Crippen molar-refractivity contribution in [2.24, 2.45) is 15.7 Å². The van der Waals surface area contributed by atoms with Crippen LogP contribution < -0.4 is 16.4 Å². The van der Waals surface area contributed by atoms with Crippen LogP contribution in [0.25, 0.3) is 5.57 Å². The van der Waals surface area contributed by atoms with Crippen LogP contribution in [0, 0.1) is 0 Å². The number of amides is 1. The molecule has 0 radical (unpaired) electrons. The van der Waals surface area contributed by atoms with Gasteiger partial charge in [0.05, 0.1) is 17.7 Å². The number of benzene rings is 2. The highest BCUT2D eigenvalue weighted by atomic mass is 16.1. The Kier molecular flexibility index (Phi) is 7.70. The number of nitrogens with one attached hydrogen (secondary N) is 2. The third kappa shape index (κ3) is 6.22. The summed E-state index contributed by atoms with van der Waals surface area (Å²) in [5.41, 5.74) is 11.5. The summed E-state index contributed by atoms with van der Waals surface area (Å²) in [4.78, 5) is 23.2. The molecule has 2 aliphatic rings. The fraction of sp³-hybridized carbons (Fsp3) is 0.179. The fourth-order valence-electron chi connectivity index (χ4n) is 4.15. The number of anilines is 2. The number of likely N-dealkylation sites (tertiary alicyclic amines) is 1. The number of carbonyl (C=O) groups excluding carboxylic acids is 1. The molecule has 1 heterocycles. The highest BCUT2D eigenvalue weighted by molar-refractivity contribution is 6.34. The van der Waals surface area contributed by atoms with Crippen molar-refractivity contribution in [2.45, 2.75) is 12.5 Å². The number of hydrogen-bond donors (Lipinski definition) is 3. The summed E-state index contributed by atoms with van der Waals surface area (Å²) in [6.07, 6.45) is 11.2. The third-order valence-electron chi connectivity index (χ3n) is 5.86. The van der Waals surface area contributed by atoms with Crippen LogP contribution >= 0.6 is 0 Å². The molecule has 1 aliphatic carbocycles. The molecule has 1 unspecified atom stereocenters. The number of hydrogen-bond acceptors (Lipinski definition) is 5. The maximum atomic E-state index is 11.8. The highest BCUT2D eigenvalue weighted by Gasteiger charge is 2.19. The van der Waals surface area contributed by atoms with Crippen LogP contribution in [0.2, 0.25) is 0 Å². The summed E-state index contributed by atoms with van der Waals surface area (Å²) < 4.78 is 0. The standard InChI is InChI=1S/C28H30N6O/c1-3-27(35)32-24-8-4-6-20(16-24)26-9-5-7-21(17-30-19-29)28(26)33-23-12-10-22(11-13-23)31-25-14-15-34(2)18-25/h3-13,16-17,19,25,31H,1,14-15,18H2,2H3,(H2,29,30)(H,32,35)/b21-17-,33-28+. The molecule has 35 heavy (non-hydrogen) atoms. The Morgan fingerprint density at radius 1 is 1.20 bits per heavy atom. The van der Waals surface area contributed by atoms with E-state index in [9.17, 15) is 4.79 Å². The predicted octanol–water partition coefficient (Wildman–Crippen LogP) is 4.52. The average Bonchev–Trinajstić information content (AvgIpc) is 3.28. The molecule has 178 valence electrons. The molecule has 4 N–H and O–H groups in total. The molecule has 7 nitrogen and oxygen atoms in total. The molecular formula is C28H30N6O. The zero-order valence-electron chi connectivity index (χ0n) is 19.8. The summed E-state index contributed by atoms with van der Waals surface area (Å²) >= 11 is 0. The highest BCUT2D eigenvalue weighted by Crippen LogP contribution is 2.30. The molecule has 2 aromatic carbocycles. The van der Waals surface area contributed by atoms with Gasteiger partial charge in [0.25, 0.3) is 0 Å². The van der Waals surface area contributed by atoms with Crippen molar-refractivity contribution in [3.8, 4) is 0 Å². The summed E-state index contributed by atoms with van der Waals surface area (Å²) in [6, 6.07) is 16.2. The summed E-state index contributed by atoms with van der Waals surface area (Å²) in [5.74, 6) is -0.260. The Labute approximate surface area is 206 Å². The van der Waals surface area contributed by atoms with E-state index in [1.807, 2.05) is 54.6 Å². The van der Waals surface area contributed by atoms with Gasteiger partial charge in [-0.3, -0.25) is 4.79 Å². The molecule has 0 spiro atoms. The molecule has 4 rings (SSSR count). The van der Waals surface area contributed by atoms with Crippen molar-refractivity contribution in [1.29, 1.82) is 0 Å². The van der Waals surface area contributed by atoms with E-state index in [2.05, 4.69) is 46.3 Å². The van der Waals surface area contributed by atoms with E-state index in [1.165, 1.54) is 12.4 Å². The van der Waals surface area contributed by atoms with Crippen LogP contribution in [-0.2, 0) is 4.79 Å². The van der Waals surface area contributed by atoms with Gasteiger partial charge in [0, 0.05) is 41.3 Å². The van der Waals surface area contributed by atoms with Gasteiger partial charge in [-0.2, -0.15) is 0 Å². The van der Waals surface area contributed by atoms with Gasteiger partial charge in [0.2, 0.25) is 5.91 Å². The molecule has 1 aliphatic heterocycles. The van der Waals surface area contributed by atoms with Crippen molar-refractivity contribution < 1.29 is 4.79 Å². The number of carbonyl (C=O) groups is 1. The monoisotopic (exact) mass is 466 g/mol. The number of nitrogens with zero attached hydrogens (tertiary/aromatic N) is 3. The first-order valence-corrected chi connectivity index (χ1v) is 11.6. The quantitative estimate of drug-likeness (QED) is 0.318. The smallest absolute Gasteiger partial charge is 0.247 e. The Hall–Kier alpha value is -4.23. The lowest BCUT2D eigenvalue weighted by molar-refractivity contribution is -0.111. The second-order valence-electron chi connectivity index (χ2n) is 8.50. The maximum absolute atomic E-state index is 11.8. The first-order chi connectivity index (χ1) is 17.1. The van der Waals surface area contributed by atoms with E-state index in [0.29, 0.717) is 11.7 Å². The van der Waals surface area contributed by atoms with Crippen molar-refractivity contribution in [2.75, 3.05) is 30.8 Å². The van der Waals surface area contributed by atoms with E-state index >= 15 is 0 Å². The molecule has 1 fully saturated rings. The average molecular weight is 467 g/mol. The van der Waals surface area contributed by atoms with Crippen LogP contribution in [0.1, 0.15) is 12.0 Å². The second-order valence-corrected chi connectivity index (χ2v) is 8.50. The first kappa shape index (κ1) is 23.9. The van der Waals surface area contributed by atoms with Gasteiger partial charge in [-0.25, -0.2) is 9.98 Å². The first-order valence-electron chi connectivity index (χ1n) is 11.6. The van der Waals surface area contributed by atoms with Crippen molar-refractivity contribution in [1.82, 2.24) is 4.90 Å². The minimum atomic E-state index is -0.260. The van der Waals surface area contributed by atoms with Crippen molar-refractivity contribution in [3.63, 3.8) is 0 Å². The van der Waals surface area contributed by atoms with Gasteiger partial charge in [0.1, 0.15) is 0 Å². The number of nitrogens with two attached hydrogens (primary N) is 1. The largest absolute Gasteiger partial charge is 0.390 e. The third-order valence-corrected chi connectivity index (χ3v) is 5.86. The Morgan fingerprint density at radius 2 is 2.03 bits per heavy atom. The maximum Gasteiger partial charge on any atom is 0.247 e. The molecule has 7 heteroatoms. The number of aliphatic imine (C=N–C) groups is 2. The molecular weight excluding hydrogens is 436 g/mol. The number of allylic oxidation sites excluding steroid dienone is 5. The zero-order valence-corrected chi connectivity index (χ0v) is 19.8. The Balaban J connectivity index is 1.64. The minimum Gasteiger partial charge on any atom is -0.390 e. The Bertz CT molecular complexity index is 1240. The number of rotatable bonds is 7. The van der Waals surface area contributed by atoms with Crippen LogP contribution in [-0.4, -0.2) is 49.0 Å². The zero-order chi connectivity index (χ0) is 24.6. The second kappa shape index (κ2) is 11.3. The minimum absolute atomic E-state index is 0.260. The van der Waals surface area contributed by atoms with Crippen molar-refractivity contribution in [3.05, 3.63) is 96.8 Å². The molecule has 0 saturated carbocycles. The van der Waals surface area contributed by atoms with Crippen LogP contribution in [0.3, 0.4) is 0 Å². The normalized spacial score (nSPS) is 20.4. The van der Waals surface area contributed by atoms with Crippen molar-refractivity contribution >= 4 is 40.6 Å². The van der Waals surface area contributed by atoms with Gasteiger partial charge in [-0.15, -0.1) is 0 Å². The summed E-state index contributed by atoms with van der Waals surface area (Å²) in [7, 11) is 2.15. The summed E-state index contributed by atoms with van der Waals surface area (Å²) in [5, 5.41) is 6.41. The molecule has 1 atom stereocenters. The van der Waals surface area contributed by atoms with E-state index < -0.39 is 0 Å². The topological polar surface area (TPSA) is 95.1 Å².